The van der Waals surface area contributed by atoms with Crippen LogP contribution in [0.4, 0.5) is 23.2 Å². The molecule has 2 aromatic carbocycles. The molecule has 0 unspecified atom stereocenters. The Labute approximate surface area is 143 Å². The van der Waals surface area contributed by atoms with Crippen molar-refractivity contribution in [1.29, 1.82) is 0 Å². The topological polar surface area (TPSA) is 72.2 Å². The second kappa shape index (κ2) is 7.51. The maximum Gasteiger partial charge on any atom is 0.446 e. The van der Waals surface area contributed by atoms with E-state index in [4.69, 9.17) is 0 Å². The number of benzene rings is 2. The lowest BCUT2D eigenvalue weighted by atomic mass is 10.1. The third-order valence-corrected chi connectivity index (χ3v) is 3.77. The molecule has 1 N–H and O–H groups in total. The van der Waals surface area contributed by atoms with Crippen molar-refractivity contribution in [2.45, 2.75) is 16.9 Å². The number of hydrogen-bond donors (Lipinski definition) is 1. The molecule has 5 nitrogen and oxygen atoms in total. The summed E-state index contributed by atoms with van der Waals surface area (Å²) in [7, 11) is 0. The van der Waals surface area contributed by atoms with Crippen molar-refractivity contribution < 1.29 is 27.3 Å². The van der Waals surface area contributed by atoms with Crippen LogP contribution in [-0.4, -0.2) is 16.3 Å². The van der Waals surface area contributed by atoms with Crippen molar-refractivity contribution in [2.75, 3.05) is 0 Å². The third-order valence-electron chi connectivity index (χ3n) is 3.03. The van der Waals surface area contributed by atoms with Crippen molar-refractivity contribution in [3.05, 3.63) is 69.5 Å². The Kier molecular flexibility index (Phi) is 5.62. The fraction of sp³-hybridized carbons (Fsp3) is 0.133. The molecular weight excluding hydrogens is 364 g/mol. The molecule has 0 saturated heterocycles. The van der Waals surface area contributed by atoms with Crippen LogP contribution in [-0.2, 0) is 6.54 Å². The van der Waals surface area contributed by atoms with E-state index in [1.807, 2.05) is 0 Å². The van der Waals surface area contributed by atoms with Crippen molar-refractivity contribution in [1.82, 2.24) is 5.32 Å². The number of thioether (sulfide) groups is 1. The van der Waals surface area contributed by atoms with Crippen LogP contribution in [0.3, 0.4) is 0 Å². The van der Waals surface area contributed by atoms with E-state index < -0.39 is 22.2 Å². The first-order chi connectivity index (χ1) is 11.7. The standard InChI is InChI=1S/C15H10F4N2O3S/c16-11-3-6-13(21(23)24)10(7-11)8-20-14(22)9-1-4-12(5-2-9)25-15(17,18)19/h1-7H,8H2,(H,20,22). The minimum atomic E-state index is -4.43. The monoisotopic (exact) mass is 374 g/mol. The SMILES string of the molecule is O=C(NCc1cc(F)ccc1[N+](=O)[O-])c1ccc(SC(F)(F)F)cc1. The summed E-state index contributed by atoms with van der Waals surface area (Å²) in [6, 6.07) is 7.52. The molecule has 0 radical (unpaired) electrons. The van der Waals surface area contributed by atoms with Crippen molar-refractivity contribution >= 4 is 23.4 Å². The summed E-state index contributed by atoms with van der Waals surface area (Å²) in [5.41, 5.74) is -4.73. The Bertz CT molecular complexity index is 794. The molecule has 0 spiro atoms. The minimum absolute atomic E-state index is 0.0254. The van der Waals surface area contributed by atoms with Gasteiger partial charge in [-0.05, 0) is 48.2 Å². The van der Waals surface area contributed by atoms with Crippen LogP contribution >= 0.6 is 11.8 Å². The average Bonchev–Trinajstić information content (AvgIpc) is 2.51. The Morgan fingerprint density at radius 1 is 1.16 bits per heavy atom. The van der Waals surface area contributed by atoms with Crippen LogP contribution in [0.15, 0.2) is 47.4 Å². The molecular formula is C15H10F4N2O3S. The molecule has 0 atom stereocenters. The molecule has 0 aliphatic carbocycles. The van der Waals surface area contributed by atoms with Gasteiger partial charge in [0, 0.05) is 23.1 Å². The van der Waals surface area contributed by atoms with Gasteiger partial charge in [0.15, 0.2) is 0 Å². The highest BCUT2D eigenvalue weighted by Gasteiger charge is 2.29. The zero-order valence-electron chi connectivity index (χ0n) is 12.3. The van der Waals surface area contributed by atoms with Gasteiger partial charge in [-0.25, -0.2) is 4.39 Å². The molecule has 132 valence electrons. The van der Waals surface area contributed by atoms with E-state index in [1.54, 1.807) is 0 Å². The number of nitrogens with zero attached hydrogens (tertiary/aromatic N) is 1. The number of nitro groups is 1. The summed E-state index contributed by atoms with van der Waals surface area (Å²) < 4.78 is 49.9. The second-order valence-corrected chi connectivity index (χ2v) is 5.92. The number of carbonyl (C=O) groups excluding carboxylic acids is 1. The van der Waals surface area contributed by atoms with Gasteiger partial charge in [0.05, 0.1) is 10.5 Å². The fourth-order valence-electron chi connectivity index (χ4n) is 1.96. The maximum atomic E-state index is 13.2. The Hall–Kier alpha value is -2.62. The lowest BCUT2D eigenvalue weighted by Crippen LogP contribution is -2.23. The molecule has 1 amide bonds. The fourth-order valence-corrected chi connectivity index (χ4v) is 2.50. The van der Waals surface area contributed by atoms with E-state index in [1.165, 1.54) is 12.1 Å². The Morgan fingerprint density at radius 2 is 1.80 bits per heavy atom. The van der Waals surface area contributed by atoms with Crippen molar-refractivity contribution in [3.63, 3.8) is 0 Å². The summed E-state index contributed by atoms with van der Waals surface area (Å²) in [4.78, 5) is 22.1. The number of nitrogens with one attached hydrogen (secondary N) is 1. The van der Waals surface area contributed by atoms with Crippen LogP contribution in [0.5, 0.6) is 0 Å². The van der Waals surface area contributed by atoms with Crippen LogP contribution in [0.1, 0.15) is 15.9 Å². The molecule has 25 heavy (non-hydrogen) atoms. The molecule has 0 heterocycles. The molecule has 10 heteroatoms. The highest BCUT2D eigenvalue weighted by molar-refractivity contribution is 8.00. The van der Waals surface area contributed by atoms with E-state index in [0.29, 0.717) is 0 Å². The second-order valence-electron chi connectivity index (χ2n) is 4.79. The maximum absolute atomic E-state index is 13.2. The number of halogens is 4. The molecule has 0 saturated carbocycles. The lowest BCUT2D eigenvalue weighted by Gasteiger charge is -2.08. The smallest absolute Gasteiger partial charge is 0.348 e. The first-order valence-electron chi connectivity index (χ1n) is 6.72. The van der Waals surface area contributed by atoms with Crippen LogP contribution < -0.4 is 5.32 Å². The van der Waals surface area contributed by atoms with Crippen LogP contribution in [0.25, 0.3) is 0 Å². The third kappa shape index (κ3) is 5.45. The van der Waals surface area contributed by atoms with Gasteiger partial charge >= 0.3 is 5.51 Å². The number of hydrogen-bond acceptors (Lipinski definition) is 4. The number of amides is 1. The van der Waals surface area contributed by atoms with Crippen molar-refractivity contribution in [3.8, 4) is 0 Å². The molecule has 0 aliphatic rings. The van der Waals surface area contributed by atoms with E-state index in [9.17, 15) is 32.5 Å². The highest BCUT2D eigenvalue weighted by Crippen LogP contribution is 2.36. The van der Waals surface area contributed by atoms with E-state index in [-0.39, 0.29) is 40.0 Å². The molecule has 0 bridgehead atoms. The molecule has 2 aromatic rings. The first-order valence-corrected chi connectivity index (χ1v) is 7.54. The zero-order valence-corrected chi connectivity index (χ0v) is 13.2. The van der Waals surface area contributed by atoms with E-state index in [2.05, 4.69) is 5.32 Å². The minimum Gasteiger partial charge on any atom is -0.348 e. The number of nitro benzene ring substituents is 1. The summed E-state index contributed by atoms with van der Waals surface area (Å²) in [5.74, 6) is -1.34. The van der Waals surface area contributed by atoms with Crippen LogP contribution in [0.2, 0.25) is 0 Å². The lowest BCUT2D eigenvalue weighted by molar-refractivity contribution is -0.385. The van der Waals surface area contributed by atoms with Gasteiger partial charge in [-0.2, -0.15) is 13.2 Å². The first kappa shape index (κ1) is 18.7. The summed E-state index contributed by atoms with van der Waals surface area (Å²) in [6.07, 6.45) is 0. The van der Waals surface area contributed by atoms with Gasteiger partial charge in [-0.3, -0.25) is 14.9 Å². The largest absolute Gasteiger partial charge is 0.446 e. The molecule has 0 aromatic heterocycles. The average molecular weight is 374 g/mol. The predicted molar refractivity (Wildman–Crippen MR) is 82.6 cm³/mol. The summed E-state index contributed by atoms with van der Waals surface area (Å²) in [5, 5.41) is 13.2. The molecule has 0 fully saturated rings. The molecule has 0 aliphatic heterocycles. The normalized spacial score (nSPS) is 11.2. The Morgan fingerprint density at radius 3 is 2.36 bits per heavy atom. The van der Waals surface area contributed by atoms with Gasteiger partial charge < -0.3 is 5.32 Å². The number of alkyl halides is 3. The quantitative estimate of drug-likeness (QED) is 0.367. The van der Waals surface area contributed by atoms with Gasteiger partial charge in [0.25, 0.3) is 11.6 Å². The van der Waals surface area contributed by atoms with Gasteiger partial charge in [0.1, 0.15) is 5.82 Å². The van der Waals surface area contributed by atoms with E-state index >= 15 is 0 Å². The van der Waals surface area contributed by atoms with Gasteiger partial charge in [-0.1, -0.05) is 0 Å². The predicted octanol–water partition coefficient (Wildman–Crippen LogP) is 4.28. The van der Waals surface area contributed by atoms with Crippen LogP contribution in [0, 0.1) is 15.9 Å². The van der Waals surface area contributed by atoms with Gasteiger partial charge in [-0.15, -0.1) is 0 Å². The highest BCUT2D eigenvalue weighted by atomic mass is 32.2. The van der Waals surface area contributed by atoms with Crippen molar-refractivity contribution in [2.24, 2.45) is 0 Å². The molecule has 2 rings (SSSR count). The number of rotatable bonds is 5. The summed E-state index contributed by atoms with van der Waals surface area (Å²) in [6.45, 7) is -0.300. The number of carbonyl (C=O) groups is 1. The van der Waals surface area contributed by atoms with Gasteiger partial charge in [0.2, 0.25) is 0 Å². The Balaban J connectivity index is 2.06. The van der Waals surface area contributed by atoms with E-state index in [0.717, 1.165) is 30.3 Å². The zero-order chi connectivity index (χ0) is 18.6. The summed E-state index contributed by atoms with van der Waals surface area (Å²) >= 11 is -0.310.